The van der Waals surface area contributed by atoms with Crippen LogP contribution in [-0.2, 0) is 13.0 Å². The van der Waals surface area contributed by atoms with E-state index in [0.717, 1.165) is 18.8 Å². The van der Waals surface area contributed by atoms with Crippen molar-refractivity contribution >= 4 is 0 Å². The first kappa shape index (κ1) is 10.8. The number of nitrogens with one attached hydrogen (secondary N) is 1. The van der Waals surface area contributed by atoms with Gasteiger partial charge >= 0.3 is 0 Å². The SMILES string of the molecule is c1cc(Cc2ncc[nH]2)cc(Cn2ccnc2)c1. The Labute approximate surface area is 105 Å². The lowest BCUT2D eigenvalue weighted by Gasteiger charge is -2.05. The molecule has 4 heteroatoms. The standard InChI is InChI=1S/C14H14N4/c1-2-12(9-14-16-4-5-17-14)8-13(3-1)10-18-7-6-15-11-18/h1-8,11H,9-10H2,(H,16,17). The Hall–Kier alpha value is -2.36. The number of aromatic nitrogens is 4. The lowest BCUT2D eigenvalue weighted by Crippen LogP contribution is -1.98. The lowest BCUT2D eigenvalue weighted by molar-refractivity contribution is 0.795. The van der Waals surface area contributed by atoms with Gasteiger partial charge < -0.3 is 9.55 Å². The first-order chi connectivity index (χ1) is 8.90. The number of hydrogen-bond acceptors (Lipinski definition) is 2. The van der Waals surface area contributed by atoms with Gasteiger partial charge in [0.05, 0.1) is 6.33 Å². The van der Waals surface area contributed by atoms with Gasteiger partial charge in [0.25, 0.3) is 0 Å². The van der Waals surface area contributed by atoms with Gasteiger partial charge in [0.1, 0.15) is 5.82 Å². The molecule has 0 aliphatic carbocycles. The highest BCUT2D eigenvalue weighted by Gasteiger charge is 2.00. The quantitative estimate of drug-likeness (QED) is 0.757. The van der Waals surface area contributed by atoms with Crippen LogP contribution in [0.5, 0.6) is 0 Å². The minimum absolute atomic E-state index is 0.838. The lowest BCUT2D eigenvalue weighted by atomic mass is 10.1. The molecular formula is C14H14N4. The minimum Gasteiger partial charge on any atom is -0.348 e. The highest BCUT2D eigenvalue weighted by Crippen LogP contribution is 2.10. The number of rotatable bonds is 4. The van der Waals surface area contributed by atoms with Crippen LogP contribution in [0.15, 0.2) is 55.4 Å². The number of benzene rings is 1. The van der Waals surface area contributed by atoms with E-state index in [4.69, 9.17) is 0 Å². The van der Waals surface area contributed by atoms with Gasteiger partial charge in [0.15, 0.2) is 0 Å². The Bertz CT molecular complexity index is 545. The fourth-order valence-corrected chi connectivity index (χ4v) is 2.02. The van der Waals surface area contributed by atoms with Crippen LogP contribution < -0.4 is 0 Å². The van der Waals surface area contributed by atoms with E-state index in [0.29, 0.717) is 0 Å². The molecule has 0 saturated heterocycles. The van der Waals surface area contributed by atoms with E-state index in [9.17, 15) is 0 Å². The van der Waals surface area contributed by atoms with E-state index in [1.165, 1.54) is 11.1 Å². The van der Waals surface area contributed by atoms with Crippen molar-refractivity contribution in [3.05, 3.63) is 72.3 Å². The number of nitrogens with zero attached hydrogens (tertiary/aromatic N) is 3. The zero-order valence-corrected chi connectivity index (χ0v) is 9.95. The fourth-order valence-electron chi connectivity index (χ4n) is 2.02. The molecule has 1 N–H and O–H groups in total. The monoisotopic (exact) mass is 238 g/mol. The fraction of sp³-hybridized carbons (Fsp3) is 0.143. The van der Waals surface area contributed by atoms with Crippen LogP contribution in [0, 0.1) is 0 Å². The summed E-state index contributed by atoms with van der Waals surface area (Å²) in [5.74, 6) is 0.995. The second-order valence-electron chi connectivity index (χ2n) is 4.27. The third-order valence-electron chi connectivity index (χ3n) is 2.84. The highest BCUT2D eigenvalue weighted by atomic mass is 15.0. The maximum absolute atomic E-state index is 4.25. The van der Waals surface area contributed by atoms with Crippen molar-refractivity contribution in [3.8, 4) is 0 Å². The molecule has 90 valence electrons. The van der Waals surface area contributed by atoms with Crippen LogP contribution in [0.25, 0.3) is 0 Å². The molecular weight excluding hydrogens is 224 g/mol. The van der Waals surface area contributed by atoms with Gasteiger partial charge in [-0.05, 0) is 11.1 Å². The minimum atomic E-state index is 0.838. The van der Waals surface area contributed by atoms with Crippen molar-refractivity contribution < 1.29 is 0 Å². The predicted molar refractivity (Wildman–Crippen MR) is 69.2 cm³/mol. The van der Waals surface area contributed by atoms with E-state index < -0.39 is 0 Å². The maximum Gasteiger partial charge on any atom is 0.110 e. The van der Waals surface area contributed by atoms with Crippen molar-refractivity contribution in [1.82, 2.24) is 19.5 Å². The molecule has 0 unspecified atom stereocenters. The average Bonchev–Trinajstić information content (AvgIpc) is 3.03. The second-order valence-corrected chi connectivity index (χ2v) is 4.27. The molecule has 0 aliphatic heterocycles. The smallest absolute Gasteiger partial charge is 0.110 e. The molecule has 0 fully saturated rings. The van der Waals surface area contributed by atoms with Gasteiger partial charge in [-0.2, -0.15) is 0 Å². The summed E-state index contributed by atoms with van der Waals surface area (Å²) in [5, 5.41) is 0. The van der Waals surface area contributed by atoms with Crippen LogP contribution >= 0.6 is 0 Å². The van der Waals surface area contributed by atoms with Gasteiger partial charge in [0, 0.05) is 37.8 Å². The van der Waals surface area contributed by atoms with E-state index >= 15 is 0 Å². The topological polar surface area (TPSA) is 46.5 Å². The van der Waals surface area contributed by atoms with Gasteiger partial charge in [-0.25, -0.2) is 9.97 Å². The summed E-state index contributed by atoms with van der Waals surface area (Å²) >= 11 is 0. The molecule has 0 bridgehead atoms. The van der Waals surface area contributed by atoms with E-state index in [1.807, 2.05) is 18.7 Å². The normalized spacial score (nSPS) is 10.7. The van der Waals surface area contributed by atoms with Crippen LogP contribution in [0.4, 0.5) is 0 Å². The largest absolute Gasteiger partial charge is 0.348 e. The van der Waals surface area contributed by atoms with Crippen LogP contribution in [0.2, 0.25) is 0 Å². The molecule has 0 aliphatic rings. The second kappa shape index (κ2) is 4.87. The molecule has 0 amide bonds. The van der Waals surface area contributed by atoms with Crippen molar-refractivity contribution in [2.75, 3.05) is 0 Å². The molecule has 1 aromatic carbocycles. The molecule has 3 rings (SSSR count). The molecule has 3 aromatic rings. The van der Waals surface area contributed by atoms with Crippen molar-refractivity contribution in [2.24, 2.45) is 0 Å². The number of imidazole rings is 2. The summed E-state index contributed by atoms with van der Waals surface area (Å²) in [6, 6.07) is 8.55. The summed E-state index contributed by atoms with van der Waals surface area (Å²) < 4.78 is 2.06. The molecule has 0 radical (unpaired) electrons. The molecule has 0 spiro atoms. The van der Waals surface area contributed by atoms with E-state index in [1.54, 1.807) is 12.4 Å². The average molecular weight is 238 g/mol. The van der Waals surface area contributed by atoms with Crippen molar-refractivity contribution in [2.45, 2.75) is 13.0 Å². The summed E-state index contributed by atoms with van der Waals surface area (Å²) in [6.45, 7) is 0.853. The molecule has 18 heavy (non-hydrogen) atoms. The highest BCUT2D eigenvalue weighted by molar-refractivity contribution is 5.26. The van der Waals surface area contributed by atoms with Gasteiger partial charge in [0.2, 0.25) is 0 Å². The van der Waals surface area contributed by atoms with E-state index in [-0.39, 0.29) is 0 Å². The summed E-state index contributed by atoms with van der Waals surface area (Å²) in [5.41, 5.74) is 2.54. The van der Waals surface area contributed by atoms with Gasteiger partial charge in [-0.3, -0.25) is 0 Å². The number of aromatic amines is 1. The third-order valence-corrected chi connectivity index (χ3v) is 2.84. The molecule has 2 aromatic heterocycles. The molecule has 0 saturated carbocycles. The molecule has 0 atom stereocenters. The summed E-state index contributed by atoms with van der Waals surface area (Å²) in [4.78, 5) is 11.4. The maximum atomic E-state index is 4.25. The summed E-state index contributed by atoms with van der Waals surface area (Å²) in [6.07, 6.45) is 10.1. The Morgan fingerprint density at radius 1 is 1.17 bits per heavy atom. The van der Waals surface area contributed by atoms with Gasteiger partial charge in [-0.15, -0.1) is 0 Å². The van der Waals surface area contributed by atoms with Crippen molar-refractivity contribution in [1.29, 1.82) is 0 Å². The number of H-pyrrole nitrogens is 1. The Kier molecular flexibility index (Phi) is 2.92. The molecule has 2 heterocycles. The van der Waals surface area contributed by atoms with Crippen LogP contribution in [0.1, 0.15) is 17.0 Å². The Morgan fingerprint density at radius 3 is 2.89 bits per heavy atom. The first-order valence-electron chi connectivity index (χ1n) is 5.92. The van der Waals surface area contributed by atoms with Crippen LogP contribution in [-0.4, -0.2) is 19.5 Å². The Balaban J connectivity index is 1.76. The molecule has 4 nitrogen and oxygen atoms in total. The first-order valence-corrected chi connectivity index (χ1v) is 5.92. The van der Waals surface area contributed by atoms with Gasteiger partial charge in [-0.1, -0.05) is 24.3 Å². The Morgan fingerprint density at radius 2 is 2.11 bits per heavy atom. The zero-order chi connectivity index (χ0) is 12.2. The third kappa shape index (κ3) is 2.48. The van der Waals surface area contributed by atoms with Crippen molar-refractivity contribution in [3.63, 3.8) is 0 Å². The summed E-state index contributed by atoms with van der Waals surface area (Å²) in [7, 11) is 0. The predicted octanol–water partition coefficient (Wildman–Crippen LogP) is 2.25. The van der Waals surface area contributed by atoms with E-state index in [2.05, 4.69) is 43.8 Å². The zero-order valence-electron chi connectivity index (χ0n) is 9.95. The number of hydrogen-bond donors (Lipinski definition) is 1. The van der Waals surface area contributed by atoms with Crippen LogP contribution in [0.3, 0.4) is 0 Å².